The van der Waals surface area contributed by atoms with Gasteiger partial charge in [-0.15, -0.1) is 0 Å². The highest BCUT2D eigenvalue weighted by molar-refractivity contribution is 9.10. The lowest BCUT2D eigenvalue weighted by Crippen LogP contribution is -2.33. The number of pyridine rings is 1. The van der Waals surface area contributed by atoms with Gasteiger partial charge in [-0.05, 0) is 82.7 Å². The average molecular weight is 588 g/mol. The van der Waals surface area contributed by atoms with Crippen molar-refractivity contribution in [3.05, 3.63) is 87.3 Å². The van der Waals surface area contributed by atoms with Crippen LogP contribution < -0.4 is 10.6 Å². The number of hydrogen-bond acceptors (Lipinski definition) is 6. The molecule has 0 unspecified atom stereocenters. The van der Waals surface area contributed by atoms with Crippen LogP contribution in [0.5, 0.6) is 0 Å². The first-order valence-electron chi connectivity index (χ1n) is 10.0. The van der Waals surface area contributed by atoms with Crippen molar-refractivity contribution >= 4 is 79.2 Å². The van der Waals surface area contributed by atoms with E-state index >= 15 is 0 Å². The summed E-state index contributed by atoms with van der Waals surface area (Å²) in [5.41, 5.74) is 3.29. The monoisotopic (exact) mass is 586 g/mol. The number of carbonyl (C=O) groups excluding carboxylic acids is 1. The minimum Gasteiger partial charge on any atom is -0.451 e. The molecule has 0 aliphatic carbocycles. The predicted octanol–water partition coefficient (Wildman–Crippen LogP) is 7.35. The second-order valence-electron chi connectivity index (χ2n) is 7.29. The fourth-order valence-corrected chi connectivity index (χ4v) is 4.12. The number of furan rings is 1. The van der Waals surface area contributed by atoms with E-state index in [1.54, 1.807) is 60.9 Å². The number of fused-ring (bicyclic) bond motifs is 1. The number of nitrogens with one attached hydrogen (secondary N) is 2. The van der Waals surface area contributed by atoms with Gasteiger partial charge in [0, 0.05) is 28.1 Å². The quantitative estimate of drug-likeness (QED) is 0.212. The Morgan fingerprint density at radius 1 is 0.943 bits per heavy atom. The zero-order valence-electron chi connectivity index (χ0n) is 17.5. The topological polar surface area (TPSA) is 93.2 Å². The van der Waals surface area contributed by atoms with Crippen LogP contribution in [0.15, 0.2) is 80.3 Å². The second kappa shape index (κ2) is 9.79. The summed E-state index contributed by atoms with van der Waals surface area (Å²) >= 11 is 20.7. The maximum absolute atomic E-state index is 12.6. The number of aromatic nitrogens is 2. The summed E-state index contributed by atoms with van der Waals surface area (Å²) in [5, 5.41) is 6.49. The molecule has 5 aromatic rings. The van der Waals surface area contributed by atoms with Crippen molar-refractivity contribution < 1.29 is 13.6 Å². The SMILES string of the molecule is O=C(NC(=S)Nc1ccc2oc(-c3cncc(Br)c3)nc2c1)c1ccc(-c2ccc(Cl)c(Cl)c2)o1. The highest BCUT2D eigenvalue weighted by Crippen LogP contribution is 2.30. The maximum Gasteiger partial charge on any atom is 0.293 e. The van der Waals surface area contributed by atoms with Crippen molar-refractivity contribution in [3.8, 4) is 22.8 Å². The fraction of sp³-hybridized carbons (Fsp3) is 0. The van der Waals surface area contributed by atoms with Gasteiger partial charge in [0.1, 0.15) is 11.3 Å². The van der Waals surface area contributed by atoms with Crippen LogP contribution >= 0.6 is 51.3 Å². The van der Waals surface area contributed by atoms with Gasteiger partial charge in [-0.25, -0.2) is 4.98 Å². The largest absolute Gasteiger partial charge is 0.451 e. The third kappa shape index (κ3) is 5.23. The summed E-state index contributed by atoms with van der Waals surface area (Å²) in [4.78, 5) is 21.2. The first-order valence-corrected chi connectivity index (χ1v) is 12.0. The van der Waals surface area contributed by atoms with E-state index in [-0.39, 0.29) is 10.9 Å². The van der Waals surface area contributed by atoms with Crippen molar-refractivity contribution in [2.45, 2.75) is 0 Å². The number of rotatable bonds is 4. The molecule has 3 heterocycles. The van der Waals surface area contributed by atoms with Crippen LogP contribution in [-0.2, 0) is 0 Å². The number of oxazole rings is 1. The fourth-order valence-electron chi connectivity index (χ4n) is 3.25. The molecule has 5 rings (SSSR count). The van der Waals surface area contributed by atoms with Gasteiger partial charge in [0.25, 0.3) is 5.91 Å². The number of carbonyl (C=O) groups is 1. The number of anilines is 1. The zero-order valence-corrected chi connectivity index (χ0v) is 21.4. The van der Waals surface area contributed by atoms with Gasteiger partial charge in [-0.1, -0.05) is 23.2 Å². The lowest BCUT2D eigenvalue weighted by molar-refractivity contribution is 0.0951. The van der Waals surface area contributed by atoms with E-state index in [1.807, 2.05) is 6.07 Å². The lowest BCUT2D eigenvalue weighted by Gasteiger charge is -2.08. The summed E-state index contributed by atoms with van der Waals surface area (Å²) in [5.74, 6) is 0.508. The van der Waals surface area contributed by atoms with E-state index in [0.29, 0.717) is 44.0 Å². The van der Waals surface area contributed by atoms with Gasteiger partial charge in [-0.3, -0.25) is 15.1 Å². The van der Waals surface area contributed by atoms with Crippen LogP contribution in [0.1, 0.15) is 10.6 Å². The van der Waals surface area contributed by atoms with Gasteiger partial charge >= 0.3 is 0 Å². The molecular weight excluding hydrogens is 575 g/mol. The minimum atomic E-state index is -0.499. The van der Waals surface area contributed by atoms with E-state index in [1.165, 1.54) is 0 Å². The van der Waals surface area contributed by atoms with E-state index < -0.39 is 5.91 Å². The molecule has 2 aromatic carbocycles. The summed E-state index contributed by atoms with van der Waals surface area (Å²) in [6.07, 6.45) is 3.35. The van der Waals surface area contributed by atoms with E-state index in [9.17, 15) is 4.79 Å². The zero-order chi connectivity index (χ0) is 24.5. The molecular formula is C24H13BrCl2N4O3S. The standard InChI is InChI=1S/C24H13BrCl2N4O3S/c25-14-7-13(10-28-11-14)23-30-18-9-15(2-4-20(18)34-23)29-24(35)31-22(32)21-6-5-19(33-21)12-1-3-16(26)17(27)8-12/h1-11H,(H2,29,31,32,35). The third-order valence-corrected chi connectivity index (χ3v) is 6.24. The van der Waals surface area contributed by atoms with Crippen molar-refractivity contribution in [2.24, 2.45) is 0 Å². The van der Waals surface area contributed by atoms with Crippen molar-refractivity contribution in [2.75, 3.05) is 5.32 Å². The highest BCUT2D eigenvalue weighted by atomic mass is 79.9. The minimum absolute atomic E-state index is 0.0921. The number of hydrogen-bond donors (Lipinski definition) is 2. The van der Waals surface area contributed by atoms with E-state index in [0.717, 1.165) is 10.0 Å². The number of benzene rings is 2. The molecule has 35 heavy (non-hydrogen) atoms. The number of nitrogens with zero attached hydrogens (tertiary/aromatic N) is 2. The Labute approximate surface area is 222 Å². The normalized spacial score (nSPS) is 10.9. The number of thiocarbonyl (C=S) groups is 1. The Kier molecular flexibility index (Phi) is 6.57. The molecule has 0 atom stereocenters. The lowest BCUT2D eigenvalue weighted by atomic mass is 10.2. The van der Waals surface area contributed by atoms with Gasteiger partial charge < -0.3 is 14.2 Å². The van der Waals surface area contributed by atoms with Crippen molar-refractivity contribution in [3.63, 3.8) is 0 Å². The van der Waals surface area contributed by atoms with Crippen molar-refractivity contribution in [1.82, 2.24) is 15.3 Å². The molecule has 0 bridgehead atoms. The van der Waals surface area contributed by atoms with Gasteiger partial charge in [0.2, 0.25) is 5.89 Å². The maximum atomic E-state index is 12.6. The molecule has 3 aromatic heterocycles. The first-order chi connectivity index (χ1) is 16.9. The van der Waals surface area contributed by atoms with Crippen LogP contribution in [0.2, 0.25) is 10.0 Å². The summed E-state index contributed by atoms with van der Waals surface area (Å²) in [6.45, 7) is 0. The van der Waals surface area contributed by atoms with Crippen LogP contribution in [0, 0.1) is 0 Å². The second-order valence-corrected chi connectivity index (χ2v) is 9.43. The number of halogens is 3. The molecule has 0 fully saturated rings. The van der Waals surface area contributed by atoms with E-state index in [2.05, 4.69) is 36.5 Å². The molecule has 174 valence electrons. The molecule has 0 saturated carbocycles. The Bertz CT molecular complexity index is 1600. The molecule has 1 amide bonds. The molecule has 2 N–H and O–H groups in total. The molecule has 11 heteroatoms. The number of amides is 1. The smallest absolute Gasteiger partial charge is 0.293 e. The van der Waals surface area contributed by atoms with Gasteiger partial charge in [-0.2, -0.15) is 0 Å². The molecule has 0 spiro atoms. The Morgan fingerprint density at radius 3 is 2.60 bits per heavy atom. The Morgan fingerprint density at radius 2 is 1.80 bits per heavy atom. The molecule has 0 aliphatic heterocycles. The van der Waals surface area contributed by atoms with Gasteiger partial charge in [0.05, 0.1) is 15.6 Å². The molecule has 0 aliphatic rings. The highest BCUT2D eigenvalue weighted by Gasteiger charge is 2.15. The summed E-state index contributed by atoms with van der Waals surface area (Å²) in [7, 11) is 0. The van der Waals surface area contributed by atoms with Crippen LogP contribution in [0.25, 0.3) is 33.9 Å². The summed E-state index contributed by atoms with van der Waals surface area (Å²) < 4.78 is 12.3. The van der Waals surface area contributed by atoms with Crippen molar-refractivity contribution in [1.29, 1.82) is 0 Å². The van der Waals surface area contributed by atoms with Crippen LogP contribution in [-0.4, -0.2) is 21.0 Å². The third-order valence-electron chi connectivity index (χ3n) is 4.86. The molecule has 0 saturated heterocycles. The van der Waals surface area contributed by atoms with Crippen LogP contribution in [0.3, 0.4) is 0 Å². The predicted molar refractivity (Wildman–Crippen MR) is 143 cm³/mol. The Hall–Kier alpha value is -3.24. The Balaban J connectivity index is 1.26. The van der Waals surface area contributed by atoms with E-state index in [4.69, 9.17) is 44.3 Å². The first kappa shape index (κ1) is 23.5. The average Bonchev–Trinajstić information content (AvgIpc) is 3.48. The van der Waals surface area contributed by atoms with Gasteiger partial charge in [0.15, 0.2) is 16.5 Å². The summed E-state index contributed by atoms with van der Waals surface area (Å²) in [6, 6.07) is 15.5. The van der Waals surface area contributed by atoms with Crippen LogP contribution in [0.4, 0.5) is 5.69 Å². The molecule has 7 nitrogen and oxygen atoms in total. The molecule has 0 radical (unpaired) electrons.